The first-order valence-corrected chi connectivity index (χ1v) is 5.78. The predicted molar refractivity (Wildman–Crippen MR) is 64.1 cm³/mol. The molecule has 0 aromatic carbocycles. The van der Waals surface area contributed by atoms with Crippen molar-refractivity contribution in [3.63, 3.8) is 0 Å². The van der Waals surface area contributed by atoms with Gasteiger partial charge in [0, 0.05) is 19.6 Å². The van der Waals surface area contributed by atoms with Crippen LogP contribution in [-0.2, 0) is 4.79 Å². The van der Waals surface area contributed by atoms with E-state index in [0.717, 1.165) is 12.1 Å². The molecule has 1 saturated heterocycles. The van der Waals surface area contributed by atoms with Crippen LogP contribution in [-0.4, -0.2) is 60.1 Å². The molecule has 0 atom stereocenters. The Morgan fingerprint density at radius 2 is 2.00 bits per heavy atom. The van der Waals surface area contributed by atoms with Crippen molar-refractivity contribution in [3.8, 4) is 0 Å². The summed E-state index contributed by atoms with van der Waals surface area (Å²) in [6.45, 7) is 8.33. The van der Waals surface area contributed by atoms with E-state index in [0.29, 0.717) is 32.5 Å². The van der Waals surface area contributed by atoms with Gasteiger partial charge in [-0.3, -0.25) is 9.69 Å². The number of hydrogen-bond donors (Lipinski definition) is 1. The molecule has 4 heteroatoms. The molecule has 0 saturated carbocycles. The molecule has 0 unspecified atom stereocenters. The standard InChI is InChI=1S/C12H22N2O2/c1-10(2)8-13(3)9-12(16)14-6-4-11(15)5-7-14/h11,15H,1,4-9H2,2-3H3. The number of likely N-dealkylation sites (tertiary alicyclic amines) is 1. The number of piperidine rings is 1. The summed E-state index contributed by atoms with van der Waals surface area (Å²) in [5.74, 6) is 0.149. The molecule has 1 heterocycles. The molecule has 0 aliphatic carbocycles. The van der Waals surface area contributed by atoms with Crippen LogP contribution in [0.15, 0.2) is 12.2 Å². The van der Waals surface area contributed by atoms with Crippen molar-refractivity contribution in [1.29, 1.82) is 0 Å². The van der Waals surface area contributed by atoms with Crippen LogP contribution in [0.2, 0.25) is 0 Å². The number of carbonyl (C=O) groups is 1. The van der Waals surface area contributed by atoms with Gasteiger partial charge in [0.25, 0.3) is 0 Å². The van der Waals surface area contributed by atoms with Gasteiger partial charge in [-0.25, -0.2) is 0 Å². The van der Waals surface area contributed by atoms with Crippen LogP contribution in [0.25, 0.3) is 0 Å². The van der Waals surface area contributed by atoms with Gasteiger partial charge >= 0.3 is 0 Å². The molecular weight excluding hydrogens is 204 g/mol. The van der Waals surface area contributed by atoms with E-state index in [-0.39, 0.29) is 12.0 Å². The number of likely N-dealkylation sites (N-methyl/N-ethyl adjacent to an activating group) is 1. The topological polar surface area (TPSA) is 43.8 Å². The fraction of sp³-hybridized carbons (Fsp3) is 0.750. The van der Waals surface area contributed by atoms with E-state index in [2.05, 4.69) is 6.58 Å². The van der Waals surface area contributed by atoms with Gasteiger partial charge in [-0.2, -0.15) is 0 Å². The Morgan fingerprint density at radius 1 is 1.44 bits per heavy atom. The second-order valence-corrected chi connectivity index (χ2v) is 4.74. The fourth-order valence-corrected chi connectivity index (χ4v) is 1.96. The zero-order valence-corrected chi connectivity index (χ0v) is 10.3. The first-order valence-electron chi connectivity index (χ1n) is 5.78. The lowest BCUT2D eigenvalue weighted by Gasteiger charge is -2.31. The molecule has 16 heavy (non-hydrogen) atoms. The molecule has 0 aromatic heterocycles. The summed E-state index contributed by atoms with van der Waals surface area (Å²) < 4.78 is 0. The minimum Gasteiger partial charge on any atom is -0.393 e. The molecule has 92 valence electrons. The number of rotatable bonds is 4. The van der Waals surface area contributed by atoms with Gasteiger partial charge in [0.1, 0.15) is 0 Å². The third-order valence-corrected chi connectivity index (χ3v) is 2.76. The zero-order valence-electron chi connectivity index (χ0n) is 10.3. The molecule has 0 aromatic rings. The van der Waals surface area contributed by atoms with Crippen molar-refractivity contribution in [2.24, 2.45) is 0 Å². The largest absolute Gasteiger partial charge is 0.393 e. The second-order valence-electron chi connectivity index (χ2n) is 4.74. The Bertz CT molecular complexity index is 258. The highest BCUT2D eigenvalue weighted by atomic mass is 16.3. The molecule has 1 N–H and O–H groups in total. The van der Waals surface area contributed by atoms with E-state index >= 15 is 0 Å². The maximum absolute atomic E-state index is 11.9. The van der Waals surface area contributed by atoms with E-state index in [1.54, 1.807) is 0 Å². The second kappa shape index (κ2) is 6.01. The van der Waals surface area contributed by atoms with Crippen LogP contribution in [0.5, 0.6) is 0 Å². The molecule has 1 rings (SSSR count). The normalized spacial score (nSPS) is 17.9. The molecule has 0 radical (unpaired) electrons. The predicted octanol–water partition coefficient (Wildman–Crippen LogP) is 0.478. The Balaban J connectivity index is 2.32. The molecular formula is C12H22N2O2. The average Bonchev–Trinajstić information content (AvgIpc) is 2.16. The van der Waals surface area contributed by atoms with Gasteiger partial charge in [-0.1, -0.05) is 12.2 Å². The monoisotopic (exact) mass is 226 g/mol. The maximum Gasteiger partial charge on any atom is 0.236 e. The molecule has 1 aliphatic heterocycles. The maximum atomic E-state index is 11.9. The Kier molecular flexibility index (Phi) is 4.96. The number of hydrogen-bond acceptors (Lipinski definition) is 3. The third kappa shape index (κ3) is 4.33. The Morgan fingerprint density at radius 3 is 2.50 bits per heavy atom. The van der Waals surface area contributed by atoms with Crippen molar-refractivity contribution in [3.05, 3.63) is 12.2 Å². The fourth-order valence-electron chi connectivity index (χ4n) is 1.96. The lowest BCUT2D eigenvalue weighted by Crippen LogP contribution is -2.44. The summed E-state index contributed by atoms with van der Waals surface area (Å²) in [6.07, 6.45) is 1.18. The number of aliphatic hydroxyl groups excluding tert-OH is 1. The number of carbonyl (C=O) groups excluding carboxylic acids is 1. The quantitative estimate of drug-likeness (QED) is 0.709. The lowest BCUT2D eigenvalue weighted by atomic mass is 10.1. The number of nitrogens with zero attached hydrogens (tertiary/aromatic N) is 2. The first-order chi connectivity index (χ1) is 7.49. The van der Waals surface area contributed by atoms with Crippen molar-refractivity contribution in [2.45, 2.75) is 25.9 Å². The van der Waals surface area contributed by atoms with Crippen LogP contribution in [0.1, 0.15) is 19.8 Å². The first kappa shape index (κ1) is 13.2. The number of aliphatic hydroxyl groups is 1. The zero-order chi connectivity index (χ0) is 12.1. The van der Waals surface area contributed by atoms with Crippen molar-refractivity contribution in [2.75, 3.05) is 33.2 Å². The smallest absolute Gasteiger partial charge is 0.236 e. The molecule has 0 spiro atoms. The molecule has 1 amide bonds. The minimum absolute atomic E-state index is 0.149. The van der Waals surface area contributed by atoms with E-state index in [1.807, 2.05) is 23.8 Å². The van der Waals surface area contributed by atoms with Gasteiger partial charge in [-0.05, 0) is 26.8 Å². The van der Waals surface area contributed by atoms with E-state index in [4.69, 9.17) is 0 Å². The highest BCUT2D eigenvalue weighted by Crippen LogP contribution is 2.10. The van der Waals surface area contributed by atoms with Gasteiger partial charge in [0.05, 0.1) is 12.6 Å². The van der Waals surface area contributed by atoms with Crippen LogP contribution >= 0.6 is 0 Å². The molecule has 1 aliphatic rings. The summed E-state index contributed by atoms with van der Waals surface area (Å²) in [6, 6.07) is 0. The summed E-state index contributed by atoms with van der Waals surface area (Å²) in [5.41, 5.74) is 1.06. The SMILES string of the molecule is C=C(C)CN(C)CC(=O)N1CCC(O)CC1. The van der Waals surface area contributed by atoms with Gasteiger partial charge in [-0.15, -0.1) is 0 Å². The minimum atomic E-state index is -0.225. The van der Waals surface area contributed by atoms with Crippen LogP contribution in [0.4, 0.5) is 0 Å². The van der Waals surface area contributed by atoms with Crippen molar-refractivity contribution < 1.29 is 9.90 Å². The van der Waals surface area contributed by atoms with E-state index < -0.39 is 0 Å². The molecule has 1 fully saturated rings. The van der Waals surface area contributed by atoms with Gasteiger partial charge in [0.15, 0.2) is 0 Å². The summed E-state index contributed by atoms with van der Waals surface area (Å²) in [4.78, 5) is 15.7. The Labute approximate surface area is 97.5 Å². The molecule has 0 bridgehead atoms. The third-order valence-electron chi connectivity index (χ3n) is 2.76. The summed E-state index contributed by atoms with van der Waals surface area (Å²) in [7, 11) is 1.92. The highest BCUT2D eigenvalue weighted by Gasteiger charge is 2.21. The van der Waals surface area contributed by atoms with Crippen LogP contribution in [0.3, 0.4) is 0 Å². The van der Waals surface area contributed by atoms with E-state index in [1.165, 1.54) is 0 Å². The lowest BCUT2D eigenvalue weighted by molar-refractivity contribution is -0.134. The molecule has 4 nitrogen and oxygen atoms in total. The average molecular weight is 226 g/mol. The summed E-state index contributed by atoms with van der Waals surface area (Å²) in [5, 5.41) is 9.35. The van der Waals surface area contributed by atoms with Crippen molar-refractivity contribution >= 4 is 5.91 Å². The Hall–Kier alpha value is -0.870. The van der Waals surface area contributed by atoms with Gasteiger partial charge in [0.2, 0.25) is 5.91 Å². The van der Waals surface area contributed by atoms with Crippen molar-refractivity contribution in [1.82, 2.24) is 9.80 Å². The van der Waals surface area contributed by atoms with Gasteiger partial charge < -0.3 is 10.0 Å². The summed E-state index contributed by atoms with van der Waals surface area (Å²) >= 11 is 0. The van der Waals surface area contributed by atoms with Crippen LogP contribution < -0.4 is 0 Å². The number of amides is 1. The highest BCUT2D eigenvalue weighted by molar-refractivity contribution is 5.78. The van der Waals surface area contributed by atoms with E-state index in [9.17, 15) is 9.90 Å². The van der Waals surface area contributed by atoms with Crippen LogP contribution in [0, 0.1) is 0 Å².